The SMILES string of the molecule is CC(OC1CC(CN)C1)C(=O)NCc1ccco1. The molecule has 5 nitrogen and oxygen atoms in total. The number of amides is 1. The molecule has 1 aromatic heterocycles. The minimum absolute atomic E-state index is 0.109. The number of carbonyl (C=O) groups is 1. The number of hydrogen-bond acceptors (Lipinski definition) is 4. The average Bonchev–Trinajstić information content (AvgIpc) is 2.82. The molecule has 1 aromatic rings. The first-order valence-electron chi connectivity index (χ1n) is 6.34. The Balaban J connectivity index is 1.66. The van der Waals surface area contributed by atoms with Gasteiger partial charge < -0.3 is 20.2 Å². The van der Waals surface area contributed by atoms with Crippen LogP contribution in [0.5, 0.6) is 0 Å². The maximum absolute atomic E-state index is 11.8. The minimum Gasteiger partial charge on any atom is -0.467 e. The molecule has 0 saturated heterocycles. The van der Waals surface area contributed by atoms with Crippen molar-refractivity contribution < 1.29 is 13.9 Å². The van der Waals surface area contributed by atoms with E-state index in [4.69, 9.17) is 14.9 Å². The predicted octanol–water partition coefficient (Wildman–Crippen LogP) is 1.04. The largest absolute Gasteiger partial charge is 0.467 e. The van der Waals surface area contributed by atoms with Crippen molar-refractivity contribution in [2.75, 3.05) is 6.54 Å². The Morgan fingerprint density at radius 3 is 3.06 bits per heavy atom. The Kier molecular flexibility index (Phi) is 4.38. The maximum Gasteiger partial charge on any atom is 0.249 e. The highest BCUT2D eigenvalue weighted by Gasteiger charge is 2.31. The highest BCUT2D eigenvalue weighted by molar-refractivity contribution is 5.80. The van der Waals surface area contributed by atoms with Gasteiger partial charge in [0.1, 0.15) is 11.9 Å². The summed E-state index contributed by atoms with van der Waals surface area (Å²) in [5.41, 5.74) is 5.54. The van der Waals surface area contributed by atoms with E-state index in [9.17, 15) is 4.79 Å². The second kappa shape index (κ2) is 6.02. The van der Waals surface area contributed by atoms with Crippen molar-refractivity contribution in [2.24, 2.45) is 11.7 Å². The van der Waals surface area contributed by atoms with Crippen LogP contribution < -0.4 is 11.1 Å². The van der Waals surface area contributed by atoms with Gasteiger partial charge in [0.2, 0.25) is 5.91 Å². The second-order valence-corrected chi connectivity index (χ2v) is 4.77. The molecule has 100 valence electrons. The fourth-order valence-electron chi connectivity index (χ4n) is 2.06. The highest BCUT2D eigenvalue weighted by atomic mass is 16.5. The third kappa shape index (κ3) is 3.34. The van der Waals surface area contributed by atoms with Gasteiger partial charge in [-0.25, -0.2) is 0 Å². The van der Waals surface area contributed by atoms with Crippen LogP contribution in [0.2, 0.25) is 0 Å². The molecule has 3 N–H and O–H groups in total. The first kappa shape index (κ1) is 13.1. The summed E-state index contributed by atoms with van der Waals surface area (Å²) in [4.78, 5) is 11.8. The summed E-state index contributed by atoms with van der Waals surface area (Å²) in [6, 6.07) is 3.62. The zero-order valence-electron chi connectivity index (χ0n) is 10.6. The fraction of sp³-hybridized carbons (Fsp3) is 0.615. The van der Waals surface area contributed by atoms with Crippen LogP contribution in [-0.4, -0.2) is 24.7 Å². The van der Waals surface area contributed by atoms with Gasteiger partial charge in [-0.3, -0.25) is 4.79 Å². The van der Waals surface area contributed by atoms with E-state index >= 15 is 0 Å². The number of nitrogens with two attached hydrogens (primary N) is 1. The number of ether oxygens (including phenoxy) is 1. The number of carbonyl (C=O) groups excluding carboxylic acids is 1. The van der Waals surface area contributed by atoms with Crippen LogP contribution in [0, 0.1) is 5.92 Å². The van der Waals surface area contributed by atoms with Crippen molar-refractivity contribution in [2.45, 2.75) is 38.5 Å². The topological polar surface area (TPSA) is 77.5 Å². The first-order chi connectivity index (χ1) is 8.69. The monoisotopic (exact) mass is 252 g/mol. The van der Waals surface area contributed by atoms with Gasteiger partial charge in [-0.1, -0.05) is 0 Å². The summed E-state index contributed by atoms with van der Waals surface area (Å²) >= 11 is 0. The van der Waals surface area contributed by atoms with Crippen LogP contribution in [0.3, 0.4) is 0 Å². The number of furan rings is 1. The molecule has 1 heterocycles. The van der Waals surface area contributed by atoms with Gasteiger partial charge in [0.05, 0.1) is 18.9 Å². The number of nitrogens with one attached hydrogen (secondary N) is 1. The van der Waals surface area contributed by atoms with E-state index in [0.717, 1.165) is 18.6 Å². The maximum atomic E-state index is 11.8. The number of rotatable bonds is 6. The molecule has 0 radical (unpaired) electrons. The molecule has 1 saturated carbocycles. The number of hydrogen-bond donors (Lipinski definition) is 2. The lowest BCUT2D eigenvalue weighted by molar-refractivity contribution is -0.141. The third-order valence-electron chi connectivity index (χ3n) is 3.31. The summed E-state index contributed by atoms with van der Waals surface area (Å²) in [5.74, 6) is 1.19. The first-order valence-corrected chi connectivity index (χ1v) is 6.34. The van der Waals surface area contributed by atoms with Gasteiger partial charge in [-0.15, -0.1) is 0 Å². The molecule has 0 aromatic carbocycles. The highest BCUT2D eigenvalue weighted by Crippen LogP contribution is 2.29. The summed E-state index contributed by atoms with van der Waals surface area (Å²) in [5, 5.41) is 2.78. The molecule has 0 bridgehead atoms. The summed E-state index contributed by atoms with van der Waals surface area (Å²) in [6.45, 7) is 2.88. The molecular formula is C13H20N2O3. The summed E-state index contributed by atoms with van der Waals surface area (Å²) in [6.07, 6.45) is 3.27. The minimum atomic E-state index is -0.427. The summed E-state index contributed by atoms with van der Waals surface area (Å²) < 4.78 is 10.8. The van der Waals surface area contributed by atoms with Crippen LogP contribution >= 0.6 is 0 Å². The fourth-order valence-corrected chi connectivity index (χ4v) is 2.06. The second-order valence-electron chi connectivity index (χ2n) is 4.77. The Hall–Kier alpha value is -1.33. The van der Waals surface area contributed by atoms with E-state index in [1.54, 1.807) is 19.3 Å². The lowest BCUT2D eigenvalue weighted by Crippen LogP contribution is -2.42. The van der Waals surface area contributed by atoms with Gasteiger partial charge >= 0.3 is 0 Å². The average molecular weight is 252 g/mol. The van der Waals surface area contributed by atoms with Crippen molar-refractivity contribution in [3.63, 3.8) is 0 Å². The molecule has 1 unspecified atom stereocenters. The Morgan fingerprint density at radius 2 is 2.44 bits per heavy atom. The Bertz CT molecular complexity index is 372. The van der Waals surface area contributed by atoms with Crippen LogP contribution in [-0.2, 0) is 16.1 Å². The van der Waals surface area contributed by atoms with E-state index in [-0.39, 0.29) is 12.0 Å². The van der Waals surface area contributed by atoms with Crippen molar-refractivity contribution in [3.8, 4) is 0 Å². The van der Waals surface area contributed by atoms with Crippen LogP contribution in [0.25, 0.3) is 0 Å². The molecule has 1 aliphatic carbocycles. The Labute approximate surface area is 107 Å². The van der Waals surface area contributed by atoms with Gasteiger partial charge in [-0.05, 0) is 44.4 Å². The molecular weight excluding hydrogens is 232 g/mol. The van der Waals surface area contributed by atoms with Crippen molar-refractivity contribution in [3.05, 3.63) is 24.2 Å². The van der Waals surface area contributed by atoms with E-state index in [0.29, 0.717) is 19.0 Å². The zero-order chi connectivity index (χ0) is 13.0. The normalized spacial score (nSPS) is 24.3. The smallest absolute Gasteiger partial charge is 0.249 e. The predicted molar refractivity (Wildman–Crippen MR) is 66.7 cm³/mol. The zero-order valence-corrected chi connectivity index (χ0v) is 10.6. The molecule has 0 aliphatic heterocycles. The van der Waals surface area contributed by atoms with Crippen molar-refractivity contribution in [1.29, 1.82) is 0 Å². The molecule has 1 amide bonds. The van der Waals surface area contributed by atoms with Gasteiger partial charge in [0.15, 0.2) is 0 Å². The molecule has 1 aliphatic rings. The standard InChI is InChI=1S/C13H20N2O3/c1-9(18-12-5-10(6-12)7-14)13(16)15-8-11-3-2-4-17-11/h2-4,9-10,12H,5-8,14H2,1H3,(H,15,16). The molecule has 1 fully saturated rings. The van der Waals surface area contributed by atoms with E-state index < -0.39 is 6.10 Å². The van der Waals surface area contributed by atoms with Crippen molar-refractivity contribution >= 4 is 5.91 Å². The van der Waals surface area contributed by atoms with Gasteiger partial charge in [0, 0.05) is 0 Å². The van der Waals surface area contributed by atoms with Crippen molar-refractivity contribution in [1.82, 2.24) is 5.32 Å². The van der Waals surface area contributed by atoms with Crippen LogP contribution in [0.4, 0.5) is 0 Å². The molecule has 18 heavy (non-hydrogen) atoms. The van der Waals surface area contributed by atoms with E-state index in [2.05, 4.69) is 5.32 Å². The Morgan fingerprint density at radius 1 is 1.67 bits per heavy atom. The molecule has 1 atom stereocenters. The van der Waals surface area contributed by atoms with E-state index in [1.165, 1.54) is 0 Å². The van der Waals surface area contributed by atoms with Crippen LogP contribution in [0.15, 0.2) is 22.8 Å². The third-order valence-corrected chi connectivity index (χ3v) is 3.31. The van der Waals surface area contributed by atoms with E-state index in [1.807, 2.05) is 6.07 Å². The lowest BCUT2D eigenvalue weighted by Gasteiger charge is -2.35. The molecule has 5 heteroatoms. The van der Waals surface area contributed by atoms with Crippen LogP contribution in [0.1, 0.15) is 25.5 Å². The van der Waals surface area contributed by atoms with Gasteiger partial charge in [0.25, 0.3) is 0 Å². The van der Waals surface area contributed by atoms with Gasteiger partial charge in [-0.2, -0.15) is 0 Å². The quantitative estimate of drug-likeness (QED) is 0.793. The lowest BCUT2D eigenvalue weighted by atomic mass is 9.82. The summed E-state index contributed by atoms with van der Waals surface area (Å²) in [7, 11) is 0. The molecule has 2 rings (SSSR count). The molecule has 0 spiro atoms.